The molecule has 2 unspecified atom stereocenters. The highest BCUT2D eigenvalue weighted by atomic mass is 79.9. The van der Waals surface area contributed by atoms with Crippen molar-refractivity contribution in [2.24, 2.45) is 5.92 Å². The molecule has 0 bridgehead atoms. The molecule has 0 aromatic carbocycles. The largest absolute Gasteiger partial charge is 0.354 e. The fourth-order valence-electron chi connectivity index (χ4n) is 2.53. The van der Waals surface area contributed by atoms with E-state index in [0.29, 0.717) is 25.3 Å². The van der Waals surface area contributed by atoms with E-state index in [0.717, 1.165) is 19.3 Å². The van der Waals surface area contributed by atoms with Crippen LogP contribution in [0.15, 0.2) is 0 Å². The van der Waals surface area contributed by atoms with Crippen LogP contribution in [0.4, 0.5) is 0 Å². The van der Waals surface area contributed by atoms with E-state index >= 15 is 0 Å². The van der Waals surface area contributed by atoms with Crippen molar-refractivity contribution < 1.29 is 13.2 Å². The molecule has 1 saturated heterocycles. The Morgan fingerprint density at radius 2 is 1.95 bits per heavy atom. The molecule has 1 fully saturated rings. The quantitative estimate of drug-likeness (QED) is 0.745. The third-order valence-corrected chi connectivity index (χ3v) is 7.15. The Hall–Kier alpha value is -0.100. The summed E-state index contributed by atoms with van der Waals surface area (Å²) in [5.41, 5.74) is 0. The van der Waals surface area contributed by atoms with Gasteiger partial charge < -0.3 is 5.32 Å². The number of rotatable bonds is 6. The molecule has 1 aliphatic rings. The smallest absolute Gasteiger partial charge is 0.238 e. The number of amides is 1. The molecule has 1 rings (SSSR count). The molecular formula is C13H24BrNO3S. The van der Waals surface area contributed by atoms with Crippen LogP contribution in [0.1, 0.15) is 46.0 Å². The van der Waals surface area contributed by atoms with Gasteiger partial charge in [-0.3, -0.25) is 4.79 Å². The molecule has 0 spiro atoms. The fourth-order valence-corrected chi connectivity index (χ4v) is 5.26. The van der Waals surface area contributed by atoms with E-state index in [-0.39, 0.29) is 16.5 Å². The van der Waals surface area contributed by atoms with Crippen LogP contribution in [0.5, 0.6) is 0 Å². The predicted octanol–water partition coefficient (Wildman–Crippen LogP) is 2.27. The summed E-state index contributed by atoms with van der Waals surface area (Å²) < 4.78 is 23.7. The molecule has 0 saturated carbocycles. The van der Waals surface area contributed by atoms with Crippen LogP contribution < -0.4 is 5.32 Å². The van der Waals surface area contributed by atoms with Gasteiger partial charge in [0.15, 0.2) is 9.84 Å². The van der Waals surface area contributed by atoms with Crippen LogP contribution in [-0.2, 0) is 14.6 Å². The maximum absolute atomic E-state index is 12.0. The Labute approximate surface area is 124 Å². The lowest BCUT2D eigenvalue weighted by molar-refractivity contribution is -0.120. The molecule has 1 aliphatic heterocycles. The van der Waals surface area contributed by atoms with Crippen LogP contribution >= 0.6 is 15.9 Å². The number of halogens is 1. The third-order valence-electron chi connectivity index (χ3n) is 3.90. The van der Waals surface area contributed by atoms with Crippen molar-refractivity contribution in [2.45, 2.75) is 56.0 Å². The number of carbonyl (C=O) groups excluding carboxylic acids is 1. The summed E-state index contributed by atoms with van der Waals surface area (Å²) >= 11 is 3.58. The van der Waals surface area contributed by atoms with E-state index in [1.807, 2.05) is 0 Å². The summed E-state index contributed by atoms with van der Waals surface area (Å²) in [6.07, 6.45) is 4.06. The van der Waals surface area contributed by atoms with Gasteiger partial charge in [-0.2, -0.15) is 0 Å². The number of hydrogen-bond donors (Lipinski definition) is 1. The zero-order chi connectivity index (χ0) is 14.5. The van der Waals surface area contributed by atoms with E-state index in [1.54, 1.807) is 0 Å². The second kappa shape index (κ2) is 7.62. The fraction of sp³-hybridized carbons (Fsp3) is 0.923. The minimum Gasteiger partial charge on any atom is -0.354 e. The van der Waals surface area contributed by atoms with Gasteiger partial charge in [0.05, 0.1) is 5.75 Å². The lowest BCUT2D eigenvalue weighted by atomic mass is 9.99. The van der Waals surface area contributed by atoms with E-state index in [9.17, 15) is 13.2 Å². The second-order valence-electron chi connectivity index (χ2n) is 5.19. The van der Waals surface area contributed by atoms with Crippen molar-refractivity contribution in [1.82, 2.24) is 5.32 Å². The van der Waals surface area contributed by atoms with Crippen molar-refractivity contribution in [3.63, 3.8) is 0 Å². The zero-order valence-electron chi connectivity index (χ0n) is 11.7. The molecule has 112 valence electrons. The average molecular weight is 354 g/mol. The first kappa shape index (κ1) is 17.0. The van der Waals surface area contributed by atoms with Crippen molar-refractivity contribution in [3.05, 3.63) is 0 Å². The summed E-state index contributed by atoms with van der Waals surface area (Å²) in [6, 6.07) is 0. The summed E-state index contributed by atoms with van der Waals surface area (Å²) in [4.78, 5) is 12.2. The van der Waals surface area contributed by atoms with Gasteiger partial charge in [0.25, 0.3) is 0 Å². The summed E-state index contributed by atoms with van der Waals surface area (Å²) in [6.45, 7) is 4.74. The highest BCUT2D eigenvalue weighted by molar-refractivity contribution is 9.09. The Kier molecular flexibility index (Phi) is 6.80. The van der Waals surface area contributed by atoms with Crippen LogP contribution in [0.3, 0.4) is 0 Å². The molecule has 1 N–H and O–H groups in total. The Balaban J connectivity index is 2.51. The lowest BCUT2D eigenvalue weighted by Gasteiger charge is -2.24. The Bertz CT molecular complexity index is 393. The highest BCUT2D eigenvalue weighted by Gasteiger charge is 2.34. The normalized spacial score (nSPS) is 24.1. The van der Waals surface area contributed by atoms with Gasteiger partial charge in [-0.15, -0.1) is 0 Å². The van der Waals surface area contributed by atoms with Gasteiger partial charge in [-0.25, -0.2) is 8.42 Å². The van der Waals surface area contributed by atoms with Crippen molar-refractivity contribution >= 4 is 31.7 Å². The van der Waals surface area contributed by atoms with E-state index < -0.39 is 15.1 Å². The monoisotopic (exact) mass is 353 g/mol. The topological polar surface area (TPSA) is 63.2 Å². The maximum Gasteiger partial charge on any atom is 0.238 e. The highest BCUT2D eigenvalue weighted by Crippen LogP contribution is 2.21. The standard InChI is InChI=1S/C13H24BrNO3S/c1-3-10(4-2)11(14)9-15-13(16)12-7-5-6-8-19(12,17)18/h10-12H,3-9H2,1-2H3,(H,15,16). The molecule has 0 radical (unpaired) electrons. The Morgan fingerprint density at radius 3 is 2.47 bits per heavy atom. The molecule has 19 heavy (non-hydrogen) atoms. The first-order chi connectivity index (χ1) is 8.92. The van der Waals surface area contributed by atoms with E-state index in [1.165, 1.54) is 0 Å². The van der Waals surface area contributed by atoms with Gasteiger partial charge in [-0.05, 0) is 18.8 Å². The molecule has 2 atom stereocenters. The molecule has 0 aromatic heterocycles. The van der Waals surface area contributed by atoms with Gasteiger partial charge >= 0.3 is 0 Å². The lowest BCUT2D eigenvalue weighted by Crippen LogP contribution is -2.45. The number of carbonyl (C=O) groups is 1. The SMILES string of the molecule is CCC(CC)C(Br)CNC(=O)C1CCCCS1(=O)=O. The first-order valence-corrected chi connectivity index (χ1v) is 9.68. The van der Waals surface area contributed by atoms with Crippen LogP contribution in [0.2, 0.25) is 0 Å². The van der Waals surface area contributed by atoms with Gasteiger partial charge in [0.2, 0.25) is 5.91 Å². The van der Waals surface area contributed by atoms with Crippen molar-refractivity contribution in [3.8, 4) is 0 Å². The minimum atomic E-state index is -3.23. The van der Waals surface area contributed by atoms with E-state index in [2.05, 4.69) is 35.1 Å². The molecule has 4 nitrogen and oxygen atoms in total. The minimum absolute atomic E-state index is 0.148. The van der Waals surface area contributed by atoms with Gasteiger partial charge in [0.1, 0.15) is 5.25 Å². The summed E-state index contributed by atoms with van der Waals surface area (Å²) in [5, 5.41) is 1.96. The first-order valence-electron chi connectivity index (χ1n) is 7.05. The number of sulfone groups is 1. The summed E-state index contributed by atoms with van der Waals surface area (Å²) in [7, 11) is -3.23. The van der Waals surface area contributed by atoms with Crippen LogP contribution in [0.25, 0.3) is 0 Å². The van der Waals surface area contributed by atoms with Crippen LogP contribution in [-0.4, -0.2) is 36.7 Å². The van der Waals surface area contributed by atoms with Gasteiger partial charge in [-0.1, -0.05) is 49.0 Å². The average Bonchev–Trinajstić information content (AvgIpc) is 2.37. The molecule has 0 aromatic rings. The number of alkyl halides is 1. The number of hydrogen-bond acceptors (Lipinski definition) is 3. The predicted molar refractivity (Wildman–Crippen MR) is 81.2 cm³/mol. The molecule has 6 heteroatoms. The molecule has 1 amide bonds. The third kappa shape index (κ3) is 4.74. The van der Waals surface area contributed by atoms with Crippen LogP contribution in [0, 0.1) is 5.92 Å². The van der Waals surface area contributed by atoms with E-state index in [4.69, 9.17) is 0 Å². The second-order valence-corrected chi connectivity index (χ2v) is 8.67. The van der Waals surface area contributed by atoms with Gasteiger partial charge in [0, 0.05) is 11.4 Å². The van der Waals surface area contributed by atoms with Crippen molar-refractivity contribution in [2.75, 3.05) is 12.3 Å². The molecular weight excluding hydrogens is 330 g/mol. The number of nitrogens with one attached hydrogen (secondary N) is 1. The van der Waals surface area contributed by atoms with Crippen molar-refractivity contribution in [1.29, 1.82) is 0 Å². The zero-order valence-corrected chi connectivity index (χ0v) is 14.1. The summed E-state index contributed by atoms with van der Waals surface area (Å²) in [5.74, 6) is 0.327. The Morgan fingerprint density at radius 1 is 1.32 bits per heavy atom. The maximum atomic E-state index is 12.0. The molecule has 0 aliphatic carbocycles. The molecule has 1 heterocycles.